The minimum atomic E-state index is -3.78. The first-order chi connectivity index (χ1) is 14.9. The normalized spacial score (nSPS) is 11.0. The largest absolute Gasteiger partial charge is 0.496 e. The Labute approximate surface area is 183 Å². The molecule has 3 aromatic carbocycles. The smallest absolute Gasteiger partial charge is 0.264 e. The lowest BCUT2D eigenvalue weighted by molar-refractivity contribution is 0.0953. The van der Waals surface area contributed by atoms with Gasteiger partial charge in [-0.1, -0.05) is 42.5 Å². The number of ether oxygens (including phenoxy) is 1. The number of amides is 1. The van der Waals surface area contributed by atoms with E-state index in [1.165, 1.54) is 23.5 Å². The molecule has 0 aliphatic carbocycles. The molecule has 0 atom stereocenters. The van der Waals surface area contributed by atoms with Crippen LogP contribution in [-0.2, 0) is 16.4 Å². The average molecular weight is 439 g/mol. The Morgan fingerprint density at radius 3 is 2.42 bits per heavy atom. The van der Waals surface area contributed by atoms with Gasteiger partial charge in [-0.15, -0.1) is 0 Å². The molecule has 0 bridgehead atoms. The van der Waals surface area contributed by atoms with Crippen molar-refractivity contribution in [2.24, 2.45) is 0 Å². The van der Waals surface area contributed by atoms with E-state index >= 15 is 0 Å². The molecular weight excluding hydrogens is 412 g/mol. The van der Waals surface area contributed by atoms with E-state index in [1.807, 2.05) is 30.3 Å². The topological polar surface area (TPSA) is 75.7 Å². The molecule has 6 nitrogen and oxygen atoms in total. The number of benzene rings is 3. The summed E-state index contributed by atoms with van der Waals surface area (Å²) in [6.07, 6.45) is 1.50. The molecule has 31 heavy (non-hydrogen) atoms. The number of methoxy groups -OCH3 is 1. The van der Waals surface area contributed by atoms with Crippen LogP contribution in [-0.4, -0.2) is 35.0 Å². The van der Waals surface area contributed by atoms with Crippen LogP contribution >= 0.6 is 0 Å². The van der Waals surface area contributed by atoms with Crippen LogP contribution in [0.25, 0.3) is 0 Å². The van der Waals surface area contributed by atoms with Crippen LogP contribution in [0.1, 0.15) is 22.3 Å². The van der Waals surface area contributed by atoms with Gasteiger partial charge in [0.2, 0.25) is 0 Å². The van der Waals surface area contributed by atoms with Crippen molar-refractivity contribution in [1.82, 2.24) is 5.32 Å². The van der Waals surface area contributed by atoms with E-state index in [0.717, 1.165) is 24.2 Å². The zero-order valence-corrected chi connectivity index (χ0v) is 18.4. The van der Waals surface area contributed by atoms with Crippen LogP contribution in [0.3, 0.4) is 0 Å². The molecule has 7 heteroatoms. The van der Waals surface area contributed by atoms with Gasteiger partial charge in [-0.2, -0.15) is 0 Å². The average Bonchev–Trinajstić information content (AvgIpc) is 2.82. The predicted octanol–water partition coefficient (Wildman–Crippen LogP) is 3.88. The highest BCUT2D eigenvalue weighted by molar-refractivity contribution is 7.92. The first kappa shape index (κ1) is 22.4. The summed E-state index contributed by atoms with van der Waals surface area (Å²) in [4.78, 5) is 12.6. The van der Waals surface area contributed by atoms with E-state index < -0.39 is 10.0 Å². The van der Waals surface area contributed by atoms with E-state index in [0.29, 0.717) is 17.8 Å². The molecule has 0 saturated carbocycles. The van der Waals surface area contributed by atoms with Gasteiger partial charge in [0, 0.05) is 19.2 Å². The van der Waals surface area contributed by atoms with Crippen LogP contribution in [0, 0.1) is 0 Å². The van der Waals surface area contributed by atoms with Gasteiger partial charge in [0.15, 0.2) is 0 Å². The van der Waals surface area contributed by atoms with Crippen molar-refractivity contribution in [2.45, 2.75) is 17.7 Å². The number of nitrogens with zero attached hydrogens (tertiary/aromatic N) is 1. The maximum atomic E-state index is 13.0. The molecule has 0 heterocycles. The molecule has 0 aliphatic heterocycles. The number of sulfonamides is 1. The molecule has 0 fully saturated rings. The van der Waals surface area contributed by atoms with E-state index in [-0.39, 0.29) is 10.8 Å². The second-order valence-corrected chi connectivity index (χ2v) is 8.98. The first-order valence-corrected chi connectivity index (χ1v) is 11.4. The van der Waals surface area contributed by atoms with Crippen LogP contribution in [0.5, 0.6) is 5.75 Å². The van der Waals surface area contributed by atoms with Crippen molar-refractivity contribution in [3.63, 3.8) is 0 Å². The number of hydrogen-bond donors (Lipinski definition) is 1. The lowest BCUT2D eigenvalue weighted by Gasteiger charge is -2.19. The summed E-state index contributed by atoms with van der Waals surface area (Å²) in [6.45, 7) is 0.470. The van der Waals surface area contributed by atoms with Crippen molar-refractivity contribution in [1.29, 1.82) is 0 Å². The highest BCUT2D eigenvalue weighted by atomic mass is 32.2. The molecule has 0 radical (unpaired) electrons. The van der Waals surface area contributed by atoms with E-state index in [2.05, 4.69) is 5.32 Å². The first-order valence-electron chi connectivity index (χ1n) is 9.97. The summed E-state index contributed by atoms with van der Waals surface area (Å²) in [5, 5.41) is 2.86. The molecule has 0 unspecified atom stereocenters. The summed E-state index contributed by atoms with van der Waals surface area (Å²) < 4.78 is 32.5. The van der Waals surface area contributed by atoms with Crippen LogP contribution in [0.2, 0.25) is 0 Å². The zero-order valence-electron chi connectivity index (χ0n) is 17.6. The number of hydrogen-bond acceptors (Lipinski definition) is 4. The Bertz CT molecular complexity index is 1130. The summed E-state index contributed by atoms with van der Waals surface area (Å²) in [5.41, 5.74) is 1.94. The Kier molecular flexibility index (Phi) is 7.31. The second-order valence-electron chi connectivity index (χ2n) is 7.01. The van der Waals surface area contributed by atoms with Gasteiger partial charge in [0.25, 0.3) is 15.9 Å². The predicted molar refractivity (Wildman–Crippen MR) is 122 cm³/mol. The fraction of sp³-hybridized carbons (Fsp3) is 0.208. The maximum Gasteiger partial charge on any atom is 0.264 e. The van der Waals surface area contributed by atoms with Crippen molar-refractivity contribution in [2.75, 3.05) is 25.0 Å². The second kappa shape index (κ2) is 10.1. The molecule has 0 spiro atoms. The fourth-order valence-corrected chi connectivity index (χ4v) is 4.47. The van der Waals surface area contributed by atoms with Crippen molar-refractivity contribution < 1.29 is 17.9 Å². The van der Waals surface area contributed by atoms with Crippen LogP contribution < -0.4 is 14.4 Å². The lowest BCUT2D eigenvalue weighted by Crippen LogP contribution is -2.28. The quantitative estimate of drug-likeness (QED) is 0.515. The maximum absolute atomic E-state index is 13.0. The molecule has 1 N–H and O–H groups in total. The lowest BCUT2D eigenvalue weighted by atomic mass is 10.1. The molecule has 0 aromatic heterocycles. The Hall–Kier alpha value is -3.32. The van der Waals surface area contributed by atoms with Gasteiger partial charge in [-0.25, -0.2) is 8.42 Å². The Balaban J connectivity index is 1.63. The number of carbonyl (C=O) groups is 1. The van der Waals surface area contributed by atoms with Gasteiger partial charge >= 0.3 is 0 Å². The summed E-state index contributed by atoms with van der Waals surface area (Å²) in [5.74, 6) is 0.522. The molecule has 0 aliphatic rings. The van der Waals surface area contributed by atoms with Gasteiger partial charge in [-0.05, 0) is 54.8 Å². The molecule has 0 saturated heterocycles. The summed E-state index contributed by atoms with van der Waals surface area (Å²) in [6, 6.07) is 22.7. The van der Waals surface area contributed by atoms with E-state index in [1.54, 1.807) is 43.5 Å². The number of para-hydroxylation sites is 2. The molecule has 3 rings (SSSR count). The van der Waals surface area contributed by atoms with Crippen LogP contribution in [0.15, 0.2) is 83.8 Å². The molecule has 162 valence electrons. The minimum absolute atomic E-state index is 0.0699. The van der Waals surface area contributed by atoms with E-state index in [4.69, 9.17) is 4.74 Å². The molecule has 1 amide bonds. The third kappa shape index (κ3) is 5.44. The van der Waals surface area contributed by atoms with Crippen molar-refractivity contribution in [3.8, 4) is 5.75 Å². The minimum Gasteiger partial charge on any atom is -0.496 e. The monoisotopic (exact) mass is 438 g/mol. The number of nitrogens with one attached hydrogen (secondary N) is 1. The van der Waals surface area contributed by atoms with Crippen molar-refractivity contribution in [3.05, 3.63) is 90.0 Å². The van der Waals surface area contributed by atoms with Gasteiger partial charge < -0.3 is 10.1 Å². The van der Waals surface area contributed by atoms with Gasteiger partial charge in [-0.3, -0.25) is 9.10 Å². The molecule has 3 aromatic rings. The number of anilines is 1. The third-order valence-corrected chi connectivity index (χ3v) is 6.76. The van der Waals surface area contributed by atoms with Crippen LogP contribution in [0.4, 0.5) is 5.69 Å². The fourth-order valence-electron chi connectivity index (χ4n) is 3.22. The number of aryl methyl sites for hydroxylation is 1. The van der Waals surface area contributed by atoms with Gasteiger partial charge in [0.05, 0.1) is 17.7 Å². The summed E-state index contributed by atoms with van der Waals surface area (Å²) in [7, 11) is -0.646. The summed E-state index contributed by atoms with van der Waals surface area (Å²) >= 11 is 0. The Morgan fingerprint density at radius 2 is 1.68 bits per heavy atom. The SMILES string of the molecule is COc1ccccc1CCCNC(=O)c1cccc(S(=O)(=O)N(C)c2ccccc2)c1. The number of rotatable bonds is 9. The van der Waals surface area contributed by atoms with E-state index in [9.17, 15) is 13.2 Å². The third-order valence-electron chi connectivity index (χ3n) is 4.98. The highest BCUT2D eigenvalue weighted by Crippen LogP contribution is 2.22. The Morgan fingerprint density at radius 1 is 0.968 bits per heavy atom. The van der Waals surface area contributed by atoms with Gasteiger partial charge in [0.1, 0.15) is 5.75 Å². The number of carbonyl (C=O) groups excluding carboxylic acids is 1. The highest BCUT2D eigenvalue weighted by Gasteiger charge is 2.22. The standard InChI is InChI=1S/C24H26N2O4S/c1-26(21-13-4-3-5-14-21)31(28,29)22-15-8-11-20(18-22)24(27)25-17-9-12-19-10-6-7-16-23(19)30-2/h3-8,10-11,13-16,18H,9,12,17H2,1-2H3,(H,25,27). The van der Waals surface area contributed by atoms with Crippen molar-refractivity contribution >= 4 is 21.6 Å². The zero-order chi connectivity index (χ0) is 22.3. The molecular formula is C24H26N2O4S.